The minimum Gasteiger partial charge on any atom is -0.484 e. The van der Waals surface area contributed by atoms with Crippen molar-refractivity contribution < 1.29 is 27.3 Å². The fourth-order valence-electron chi connectivity index (χ4n) is 3.55. The Morgan fingerprint density at radius 2 is 2.03 bits per heavy atom. The molecule has 2 aromatic heterocycles. The topological polar surface area (TPSA) is 118 Å². The smallest absolute Gasteiger partial charge is 0.259 e. The van der Waals surface area contributed by atoms with Gasteiger partial charge in [0.2, 0.25) is 5.92 Å². The first-order valence-corrected chi connectivity index (χ1v) is 12.0. The van der Waals surface area contributed by atoms with E-state index in [0.29, 0.717) is 31.2 Å². The molecular formula is C20H23F2N5O4S. The van der Waals surface area contributed by atoms with E-state index in [1.807, 2.05) is 0 Å². The molecule has 4 rings (SSSR count). The zero-order valence-corrected chi connectivity index (χ0v) is 18.2. The monoisotopic (exact) mass is 467 g/mol. The largest absolute Gasteiger partial charge is 0.484 e. The summed E-state index contributed by atoms with van der Waals surface area (Å²) in [5, 5.41) is 2.72. The number of ether oxygens (including phenoxy) is 2. The van der Waals surface area contributed by atoms with Gasteiger partial charge in [0, 0.05) is 50.1 Å². The summed E-state index contributed by atoms with van der Waals surface area (Å²) in [6, 6.07) is 4.36. The van der Waals surface area contributed by atoms with Crippen LogP contribution in [0.25, 0.3) is 0 Å². The summed E-state index contributed by atoms with van der Waals surface area (Å²) in [6.45, 7) is 0.952. The molecule has 0 aromatic carbocycles. The van der Waals surface area contributed by atoms with Crippen molar-refractivity contribution in [2.75, 3.05) is 42.8 Å². The van der Waals surface area contributed by atoms with Gasteiger partial charge < -0.3 is 19.7 Å². The quantitative estimate of drug-likeness (QED) is 0.709. The van der Waals surface area contributed by atoms with Crippen LogP contribution in [0, 0.1) is 4.78 Å². The predicted molar refractivity (Wildman–Crippen MR) is 113 cm³/mol. The average Bonchev–Trinajstić information content (AvgIpc) is 2.92. The zero-order chi connectivity index (χ0) is 22.9. The maximum absolute atomic E-state index is 13.9. The molecule has 2 aromatic rings. The summed E-state index contributed by atoms with van der Waals surface area (Å²) >= 11 is 0. The van der Waals surface area contributed by atoms with Crippen LogP contribution in [0.3, 0.4) is 0 Å². The highest BCUT2D eigenvalue weighted by atomic mass is 32.2. The Morgan fingerprint density at radius 3 is 2.81 bits per heavy atom. The summed E-state index contributed by atoms with van der Waals surface area (Å²) in [4.78, 5) is 23.2. The molecule has 0 unspecified atom stereocenters. The molecular weight excluding hydrogens is 444 g/mol. The van der Waals surface area contributed by atoms with Crippen LogP contribution in [0.2, 0.25) is 0 Å². The van der Waals surface area contributed by atoms with Crippen molar-refractivity contribution in [3.63, 3.8) is 0 Å². The van der Waals surface area contributed by atoms with Gasteiger partial charge in [-0.3, -0.25) is 4.79 Å². The van der Waals surface area contributed by atoms with Crippen molar-refractivity contribution >= 4 is 27.1 Å². The standard InChI is InChI=1S/C20H23F2N5O4S/c1-32(23,29)16-11-13(3-6-24-16)25-18(28)14-12-15-19(31-10-9-30-15)26-17(14)27-7-2-4-20(21,22)5-8-27/h3,6,11-12,23H,2,4-5,7-10H2,1H3,(H,24,25,28)/t32-/m1/s1. The van der Waals surface area contributed by atoms with Crippen molar-refractivity contribution in [1.29, 1.82) is 4.78 Å². The average molecular weight is 467 g/mol. The fraction of sp³-hybridized carbons (Fsp3) is 0.450. The predicted octanol–water partition coefficient (Wildman–Crippen LogP) is 3.16. The molecule has 0 spiro atoms. The number of rotatable bonds is 4. The molecule has 1 atom stereocenters. The van der Waals surface area contributed by atoms with E-state index in [0.717, 1.165) is 0 Å². The van der Waals surface area contributed by atoms with Gasteiger partial charge in [-0.1, -0.05) is 0 Å². The lowest BCUT2D eigenvalue weighted by Gasteiger charge is -2.26. The van der Waals surface area contributed by atoms with Crippen molar-refractivity contribution in [2.24, 2.45) is 0 Å². The van der Waals surface area contributed by atoms with Crippen LogP contribution in [-0.2, 0) is 9.73 Å². The van der Waals surface area contributed by atoms with E-state index in [9.17, 15) is 17.8 Å². The summed E-state index contributed by atoms with van der Waals surface area (Å²) in [5.74, 6) is -2.57. The maximum atomic E-state index is 13.9. The number of hydrogen-bond donors (Lipinski definition) is 2. The molecule has 0 saturated carbocycles. The molecule has 2 aliphatic rings. The number of carbonyl (C=O) groups excluding carboxylic acids is 1. The van der Waals surface area contributed by atoms with Crippen molar-refractivity contribution in [3.8, 4) is 11.6 Å². The second kappa shape index (κ2) is 8.49. The van der Waals surface area contributed by atoms with Gasteiger partial charge in [0.1, 0.15) is 24.1 Å². The Bertz CT molecular complexity index is 1140. The van der Waals surface area contributed by atoms with Gasteiger partial charge in [0.25, 0.3) is 11.8 Å². The Kier molecular flexibility index (Phi) is 5.89. The van der Waals surface area contributed by atoms with Gasteiger partial charge in [0.05, 0.1) is 15.3 Å². The van der Waals surface area contributed by atoms with Crippen molar-refractivity contribution in [2.45, 2.75) is 30.2 Å². The highest BCUT2D eigenvalue weighted by Gasteiger charge is 2.34. The van der Waals surface area contributed by atoms with Crippen LogP contribution in [0.1, 0.15) is 29.6 Å². The molecule has 32 heavy (non-hydrogen) atoms. The molecule has 1 amide bonds. The molecule has 172 valence electrons. The third-order valence-corrected chi connectivity index (χ3v) is 6.19. The molecule has 4 heterocycles. The minimum atomic E-state index is -3.07. The van der Waals surface area contributed by atoms with Crippen molar-refractivity contribution in [3.05, 3.63) is 30.0 Å². The van der Waals surface area contributed by atoms with E-state index in [2.05, 4.69) is 15.3 Å². The molecule has 0 aliphatic carbocycles. The van der Waals surface area contributed by atoms with E-state index in [4.69, 9.17) is 14.3 Å². The SMILES string of the molecule is C[S@@](=N)(=O)c1cc(NC(=O)c2cc3c(nc2N2CCCC(F)(F)CC2)OCCO3)ccn1. The molecule has 1 fully saturated rings. The van der Waals surface area contributed by atoms with Crippen molar-refractivity contribution in [1.82, 2.24) is 9.97 Å². The van der Waals surface area contributed by atoms with Crippen LogP contribution < -0.4 is 19.7 Å². The zero-order valence-electron chi connectivity index (χ0n) is 17.4. The number of amides is 1. The number of alkyl halides is 2. The first kappa shape index (κ1) is 22.2. The second-order valence-corrected chi connectivity index (χ2v) is 9.84. The number of carbonyl (C=O) groups is 1. The van der Waals surface area contributed by atoms with Gasteiger partial charge in [-0.15, -0.1) is 0 Å². The first-order chi connectivity index (χ1) is 15.1. The molecule has 9 nitrogen and oxygen atoms in total. The van der Waals surface area contributed by atoms with E-state index < -0.39 is 21.6 Å². The molecule has 0 bridgehead atoms. The molecule has 2 aliphatic heterocycles. The molecule has 1 saturated heterocycles. The van der Waals surface area contributed by atoms with Crippen LogP contribution >= 0.6 is 0 Å². The summed E-state index contributed by atoms with van der Waals surface area (Å²) < 4.78 is 58.5. The minimum absolute atomic E-state index is 0.0329. The Balaban J connectivity index is 1.68. The number of nitrogens with one attached hydrogen (secondary N) is 2. The number of hydrogen-bond acceptors (Lipinski definition) is 8. The molecule has 12 heteroatoms. The summed E-state index contributed by atoms with van der Waals surface area (Å²) in [5.41, 5.74) is 0.436. The van der Waals surface area contributed by atoms with Crippen LogP contribution in [0.4, 0.5) is 20.3 Å². The third kappa shape index (κ3) is 4.90. The number of anilines is 2. The second-order valence-electron chi connectivity index (χ2n) is 7.74. The van der Waals surface area contributed by atoms with Crippen LogP contribution in [0.5, 0.6) is 11.6 Å². The maximum Gasteiger partial charge on any atom is 0.259 e. The lowest BCUT2D eigenvalue weighted by Crippen LogP contribution is -2.30. The normalized spacial score (nSPS) is 19.5. The van der Waals surface area contributed by atoms with Gasteiger partial charge in [-0.05, 0) is 18.6 Å². The highest BCUT2D eigenvalue weighted by molar-refractivity contribution is 7.91. The van der Waals surface area contributed by atoms with E-state index >= 15 is 0 Å². The summed E-state index contributed by atoms with van der Waals surface area (Å²) in [7, 11) is -3.07. The number of aromatic nitrogens is 2. The third-order valence-electron chi connectivity index (χ3n) is 5.17. The van der Waals surface area contributed by atoms with Gasteiger partial charge in [0.15, 0.2) is 5.75 Å². The molecule has 0 radical (unpaired) electrons. The first-order valence-electron chi connectivity index (χ1n) is 10.1. The van der Waals surface area contributed by atoms with E-state index in [1.54, 1.807) is 4.90 Å². The van der Waals surface area contributed by atoms with E-state index in [1.165, 1.54) is 30.7 Å². The van der Waals surface area contributed by atoms with Crippen LogP contribution in [0.15, 0.2) is 29.4 Å². The lowest BCUT2D eigenvalue weighted by atomic mass is 10.1. The van der Waals surface area contributed by atoms with E-state index in [-0.39, 0.29) is 48.1 Å². The molecule has 2 N–H and O–H groups in total. The number of fused-ring (bicyclic) bond motifs is 1. The number of nitrogens with zero attached hydrogens (tertiary/aromatic N) is 3. The number of pyridine rings is 2. The fourth-order valence-corrected chi connectivity index (χ4v) is 4.16. The Labute approximate surface area is 184 Å². The van der Waals surface area contributed by atoms with Gasteiger partial charge in [-0.25, -0.2) is 22.8 Å². The van der Waals surface area contributed by atoms with Gasteiger partial charge in [-0.2, -0.15) is 4.98 Å². The highest BCUT2D eigenvalue weighted by Crippen LogP contribution is 2.36. The van der Waals surface area contributed by atoms with Crippen LogP contribution in [-0.4, -0.2) is 58.6 Å². The van der Waals surface area contributed by atoms with Gasteiger partial charge >= 0.3 is 0 Å². The Hall–Kier alpha value is -3.02. The summed E-state index contributed by atoms with van der Waals surface area (Å²) in [6.07, 6.45) is 2.28. The lowest BCUT2D eigenvalue weighted by molar-refractivity contribution is -0.0102. The Morgan fingerprint density at radius 1 is 1.25 bits per heavy atom. The number of halogens is 2.